The maximum absolute atomic E-state index is 13.3. The Morgan fingerprint density at radius 2 is 1.00 bits per heavy atom. The fourth-order valence-corrected chi connectivity index (χ4v) is 7.01. The largest absolute Gasteiger partial charge is 1.00 e. The number of carboxylic acids is 1. The van der Waals surface area contributed by atoms with Crippen LogP contribution in [-0.4, -0.2) is 178 Å². The molecule has 430 valence electrons. The van der Waals surface area contributed by atoms with E-state index in [4.69, 9.17) is 14.5 Å². The Balaban J connectivity index is -0.000000216. The van der Waals surface area contributed by atoms with E-state index in [-0.39, 0.29) is 36.6 Å². The lowest BCUT2D eigenvalue weighted by Crippen LogP contribution is -3.00. The van der Waals surface area contributed by atoms with Crippen molar-refractivity contribution in [3.05, 3.63) is 0 Å². The Morgan fingerprint density at radius 3 is 1.27 bits per heavy atom. The fraction of sp³-hybridized carbons (Fsp3) is 0.895. The van der Waals surface area contributed by atoms with Gasteiger partial charge >= 0.3 is 53.6 Å². The van der Waals surface area contributed by atoms with Crippen molar-refractivity contribution in [1.82, 2.24) is 10.6 Å². The zero-order valence-electron chi connectivity index (χ0n) is 41.0. The molecule has 0 radical (unpaired) electrons. The van der Waals surface area contributed by atoms with E-state index >= 15 is 0 Å². The van der Waals surface area contributed by atoms with Gasteiger partial charge in [0.15, 0.2) is 0 Å². The van der Waals surface area contributed by atoms with Crippen LogP contribution in [0.1, 0.15) is 81.1 Å². The molecular formula is C38H65Cl2F17N4O9S. The normalized spacial score (nSPS) is 16.7. The van der Waals surface area contributed by atoms with Gasteiger partial charge in [0.05, 0.1) is 79.2 Å². The van der Waals surface area contributed by atoms with Gasteiger partial charge in [0.1, 0.15) is 0 Å². The molecule has 1 aliphatic rings. The summed E-state index contributed by atoms with van der Waals surface area (Å²) in [7, 11) is 7.12. The molecule has 71 heavy (non-hydrogen) atoms. The second kappa shape index (κ2) is 29.3. The molecule has 0 aliphatic carbocycles. The van der Waals surface area contributed by atoms with E-state index in [0.29, 0.717) is 6.92 Å². The number of quaternary nitrogens is 2. The van der Waals surface area contributed by atoms with Crippen LogP contribution in [0.2, 0.25) is 0 Å². The number of hydrogen-bond acceptors (Lipinski definition) is 7. The average Bonchev–Trinajstić information content (AvgIpc) is 3.40. The maximum atomic E-state index is 13.3. The van der Waals surface area contributed by atoms with E-state index in [2.05, 4.69) is 64.5 Å². The van der Waals surface area contributed by atoms with Crippen molar-refractivity contribution in [2.24, 2.45) is 11.8 Å². The number of carbonyl (C=O) groups is 4. The Hall–Kier alpha value is -2.90. The smallest absolute Gasteiger partial charge is 0.460 e. The summed E-state index contributed by atoms with van der Waals surface area (Å²) in [6.45, 7) is 14.8. The minimum absolute atomic E-state index is 0. The van der Waals surface area contributed by atoms with Crippen molar-refractivity contribution in [3.63, 3.8) is 0 Å². The number of hydrogen-bond donors (Lipinski definition) is 4. The van der Waals surface area contributed by atoms with Gasteiger partial charge in [-0.3, -0.25) is 23.7 Å². The summed E-state index contributed by atoms with van der Waals surface area (Å²) in [6.07, 6.45) is -6.79. The number of carboxylic acid groups (broad SMARTS) is 1. The molecule has 0 aromatic heterocycles. The molecule has 2 unspecified atom stereocenters. The molecule has 0 bridgehead atoms. The predicted octanol–water partition coefficient (Wildman–Crippen LogP) is 2.18. The lowest BCUT2D eigenvalue weighted by Gasteiger charge is -2.42. The van der Waals surface area contributed by atoms with Crippen molar-refractivity contribution in [2.75, 3.05) is 73.8 Å². The van der Waals surface area contributed by atoms with E-state index in [1.165, 1.54) is 51.2 Å². The van der Waals surface area contributed by atoms with Gasteiger partial charge in [-0.1, -0.05) is 13.8 Å². The molecule has 1 rings (SSSR count). The van der Waals surface area contributed by atoms with Crippen LogP contribution in [0, 0.1) is 11.8 Å². The maximum Gasteiger partial charge on any atom is 0.460 e. The molecule has 1 heterocycles. The van der Waals surface area contributed by atoms with Gasteiger partial charge in [-0.05, 0) is 26.7 Å². The number of amides is 2. The summed E-state index contributed by atoms with van der Waals surface area (Å²) in [6, 6.07) is 0. The second-order valence-corrected chi connectivity index (χ2v) is 19.5. The number of aliphatic carboxylic acids is 1. The minimum Gasteiger partial charge on any atom is -1.00 e. The SMILES string of the molecule is CC(=O)NC(C)(C)CS(=O)(=O)O.CC(=O)NCCC[N+](C)(C)C.CC(=O)O.CC(=O)OCCC(F)(F)C(F)(F)C(F)(F)C(F)(F)C(F)(F)C(F)(F)C(F)(F)C(F)(F)F.CCC1C[N+](C)(C)CC1CC.[Cl-].[Cl-]. The lowest BCUT2D eigenvalue weighted by molar-refractivity contribution is -0.880. The van der Waals surface area contributed by atoms with Crippen LogP contribution in [0.3, 0.4) is 0 Å². The van der Waals surface area contributed by atoms with E-state index in [0.717, 1.165) is 42.8 Å². The van der Waals surface area contributed by atoms with E-state index in [9.17, 15) is 97.4 Å². The standard InChI is InChI=1S/C12H7F17O2.C10H22N.C8H18N2O.C6H13NO4S.C2H4O2.2ClH/c1-4(30)31-3-2-5(13,14)6(15,16)7(17,18)8(19,20)9(21,22)10(23,24)11(25,26)12(27,28)29;1-5-9-7-11(3,4)8-10(9)6-2;1-8(11)9-6-5-7-10(2,3)4;1-5(8)7-6(2,3)4-12(9,10)11;1-2(3)4;;/h2-3H2,1H3;9-10H,5-8H2,1-4H3;5-7H2,1-4H3;4H2,1-3H3,(H,7,8)(H,9,10,11);1H3,(H,3,4);2*1H/q;+1;;;;;/p-1. The Kier molecular flexibility index (Phi) is 32.8. The first-order valence-electron chi connectivity index (χ1n) is 20.2. The van der Waals surface area contributed by atoms with E-state index < -0.39 is 94.0 Å². The predicted molar refractivity (Wildman–Crippen MR) is 215 cm³/mol. The van der Waals surface area contributed by atoms with Gasteiger partial charge in [0.2, 0.25) is 11.8 Å². The number of rotatable bonds is 18. The highest BCUT2D eigenvalue weighted by Gasteiger charge is 2.95. The van der Waals surface area contributed by atoms with Crippen LogP contribution in [0.25, 0.3) is 0 Å². The van der Waals surface area contributed by atoms with Gasteiger partial charge in [-0.15, -0.1) is 0 Å². The fourth-order valence-electron chi connectivity index (χ4n) is 6.03. The van der Waals surface area contributed by atoms with Crippen molar-refractivity contribution in [3.8, 4) is 0 Å². The number of nitrogens with zero attached hydrogens (tertiary/aromatic N) is 2. The summed E-state index contributed by atoms with van der Waals surface area (Å²) in [5.74, 6) is -57.7. The van der Waals surface area contributed by atoms with E-state index in [1.807, 2.05) is 0 Å². The van der Waals surface area contributed by atoms with Gasteiger partial charge in [-0.25, -0.2) is 0 Å². The molecule has 1 saturated heterocycles. The van der Waals surface area contributed by atoms with Crippen LogP contribution in [0.5, 0.6) is 0 Å². The zero-order chi connectivity index (χ0) is 56.7. The van der Waals surface area contributed by atoms with Crippen molar-refractivity contribution >= 4 is 33.9 Å². The van der Waals surface area contributed by atoms with Crippen LogP contribution in [0.15, 0.2) is 0 Å². The summed E-state index contributed by atoms with van der Waals surface area (Å²) in [4.78, 5) is 40.3. The summed E-state index contributed by atoms with van der Waals surface area (Å²) >= 11 is 0. The number of carbonyl (C=O) groups excluding carboxylic acids is 3. The van der Waals surface area contributed by atoms with Crippen molar-refractivity contribution in [2.45, 2.75) is 134 Å². The van der Waals surface area contributed by atoms with Crippen molar-refractivity contribution in [1.29, 1.82) is 0 Å². The summed E-state index contributed by atoms with van der Waals surface area (Å²) in [5, 5.41) is 12.6. The second-order valence-electron chi connectivity index (χ2n) is 18.0. The van der Waals surface area contributed by atoms with E-state index in [1.54, 1.807) is 6.92 Å². The number of ether oxygens (including phenoxy) is 1. The number of halogens is 19. The number of nitrogens with one attached hydrogen (secondary N) is 2. The quantitative estimate of drug-likeness (QED) is 0.0528. The molecule has 33 heteroatoms. The first kappa shape index (κ1) is 79.5. The van der Waals surface area contributed by atoms with Gasteiger partial charge in [0.25, 0.3) is 16.1 Å². The molecule has 2 amide bonds. The van der Waals surface area contributed by atoms with Gasteiger partial charge < -0.3 is 54.3 Å². The van der Waals surface area contributed by atoms with Crippen LogP contribution < -0.4 is 35.4 Å². The molecule has 0 spiro atoms. The van der Waals surface area contributed by atoms with Gasteiger partial charge in [0, 0.05) is 52.5 Å². The average molecular weight is 1150 g/mol. The molecule has 0 aromatic carbocycles. The third-order valence-electron chi connectivity index (χ3n) is 9.12. The molecule has 1 fully saturated rings. The first-order chi connectivity index (χ1) is 30.0. The van der Waals surface area contributed by atoms with Crippen LogP contribution in [-0.2, 0) is 34.0 Å². The molecule has 4 N–H and O–H groups in total. The Labute approximate surface area is 414 Å². The summed E-state index contributed by atoms with van der Waals surface area (Å²) in [5.41, 5.74) is -0.931. The van der Waals surface area contributed by atoms with Crippen molar-refractivity contribution < 1.29 is 150 Å². The molecule has 0 saturated carbocycles. The number of alkyl halides is 17. The third kappa shape index (κ3) is 26.2. The van der Waals surface area contributed by atoms with Gasteiger partial charge in [-0.2, -0.15) is 83.1 Å². The zero-order valence-corrected chi connectivity index (χ0v) is 43.3. The lowest BCUT2D eigenvalue weighted by atomic mass is 9.88. The number of esters is 1. The number of likely N-dealkylation sites (tertiary alicyclic amines) is 1. The molecule has 13 nitrogen and oxygen atoms in total. The third-order valence-corrected chi connectivity index (χ3v) is 10.2. The van der Waals surface area contributed by atoms with Crippen LogP contribution >= 0.6 is 0 Å². The molecule has 0 aromatic rings. The highest BCUT2D eigenvalue weighted by atomic mass is 35.5. The topological polar surface area (TPSA) is 176 Å². The monoisotopic (exact) mass is 1150 g/mol. The molecule has 2 atom stereocenters. The Morgan fingerprint density at radius 1 is 0.662 bits per heavy atom. The molecule has 1 aliphatic heterocycles. The Bertz CT molecular complexity index is 1740. The first-order valence-corrected chi connectivity index (χ1v) is 21.8. The highest BCUT2D eigenvalue weighted by molar-refractivity contribution is 7.85. The van der Waals surface area contributed by atoms with Crippen LogP contribution in [0.4, 0.5) is 74.6 Å². The minimum atomic E-state index is -8.65. The summed E-state index contributed by atoms with van der Waals surface area (Å²) < 4.78 is 255. The molecular weight excluding hydrogens is 1080 g/mol. The highest BCUT2D eigenvalue weighted by Crippen LogP contribution is 2.64.